The third-order valence-electron chi connectivity index (χ3n) is 6.91. The fourth-order valence-electron chi connectivity index (χ4n) is 4.75. The van der Waals surface area contributed by atoms with Gasteiger partial charge in [-0.3, -0.25) is 9.59 Å². The number of carbonyl (C=O) groups is 2. The molecule has 4 rings (SSSR count). The average molecular weight is 469 g/mol. The molecule has 1 aliphatic carbocycles. The summed E-state index contributed by atoms with van der Waals surface area (Å²) >= 11 is 0. The van der Waals surface area contributed by atoms with Crippen molar-refractivity contribution < 1.29 is 18.8 Å². The molecule has 0 bridgehead atoms. The van der Waals surface area contributed by atoms with Crippen molar-refractivity contribution in [1.82, 2.24) is 15.5 Å². The zero-order valence-corrected chi connectivity index (χ0v) is 20.5. The molecule has 2 aromatic rings. The maximum atomic E-state index is 12.5. The smallest absolute Gasteiger partial charge is 0.324 e. The van der Waals surface area contributed by atoms with E-state index in [1.165, 1.54) is 0 Å². The van der Waals surface area contributed by atoms with Crippen molar-refractivity contribution in [2.24, 2.45) is 5.92 Å². The Kier molecular flexibility index (Phi) is 7.85. The van der Waals surface area contributed by atoms with Crippen molar-refractivity contribution in [3.63, 3.8) is 0 Å². The molecule has 34 heavy (non-hydrogen) atoms. The van der Waals surface area contributed by atoms with Gasteiger partial charge in [0.1, 0.15) is 5.75 Å². The summed E-state index contributed by atoms with van der Waals surface area (Å²) in [5, 5.41) is 6.93. The molecule has 1 atom stereocenters. The van der Waals surface area contributed by atoms with Crippen LogP contribution in [-0.2, 0) is 4.79 Å². The van der Waals surface area contributed by atoms with Gasteiger partial charge in [0.2, 0.25) is 0 Å². The van der Waals surface area contributed by atoms with Crippen molar-refractivity contribution >= 4 is 17.7 Å². The lowest BCUT2D eigenvalue weighted by atomic mass is 9.92. The second-order valence-corrected chi connectivity index (χ2v) is 9.87. The van der Waals surface area contributed by atoms with E-state index in [-0.39, 0.29) is 23.7 Å². The molecule has 0 unspecified atom stereocenters. The number of ether oxygens (including phenoxy) is 1. The zero-order valence-electron chi connectivity index (χ0n) is 20.5. The quantitative estimate of drug-likeness (QED) is 0.544. The van der Waals surface area contributed by atoms with Gasteiger partial charge in [-0.15, -0.1) is 0 Å². The number of ketones is 1. The molecule has 2 heterocycles. The fraction of sp³-hybridized carbons (Fsp3) is 0.615. The molecule has 1 aliphatic heterocycles. The fourth-order valence-corrected chi connectivity index (χ4v) is 4.75. The maximum absolute atomic E-state index is 12.5. The molecule has 1 saturated heterocycles. The minimum atomic E-state index is -0.334. The molecular formula is C26H36N4O4. The van der Waals surface area contributed by atoms with Crippen molar-refractivity contribution in [1.29, 1.82) is 0 Å². The Labute approximate surface area is 201 Å². The van der Waals surface area contributed by atoms with Gasteiger partial charge in [-0.2, -0.15) is 4.98 Å². The molecule has 1 amide bonds. The number of rotatable bonds is 9. The highest BCUT2D eigenvalue weighted by molar-refractivity contribution is 5.99. The van der Waals surface area contributed by atoms with Crippen LogP contribution in [-0.4, -0.2) is 47.6 Å². The van der Waals surface area contributed by atoms with Crippen LogP contribution in [0.4, 0.5) is 6.01 Å². The first kappa shape index (κ1) is 24.2. The van der Waals surface area contributed by atoms with E-state index >= 15 is 0 Å². The van der Waals surface area contributed by atoms with Crippen LogP contribution in [0.2, 0.25) is 0 Å². The number of aromatic nitrogens is 2. The van der Waals surface area contributed by atoms with Crippen LogP contribution >= 0.6 is 0 Å². The van der Waals surface area contributed by atoms with Gasteiger partial charge < -0.3 is 19.5 Å². The number of hydrogen-bond acceptors (Lipinski definition) is 7. The van der Waals surface area contributed by atoms with E-state index in [2.05, 4.69) is 34.2 Å². The minimum absolute atomic E-state index is 0.131. The normalized spacial score (nSPS) is 19.1. The van der Waals surface area contributed by atoms with E-state index in [9.17, 15) is 9.59 Å². The summed E-state index contributed by atoms with van der Waals surface area (Å²) in [7, 11) is 0. The van der Waals surface area contributed by atoms with Crippen LogP contribution in [0.25, 0.3) is 0 Å². The summed E-state index contributed by atoms with van der Waals surface area (Å²) in [5.74, 6) is 2.44. The molecule has 8 nitrogen and oxygen atoms in total. The number of anilines is 1. The lowest BCUT2D eigenvalue weighted by molar-refractivity contribution is -0.118. The number of amides is 1. The average Bonchev–Trinajstić information content (AvgIpc) is 3.47. The standard InChI is InChI=1S/C26H36N4O4/c1-17(2)24-28-26(34-29-24)30-13-11-19(12-14-30)6-5-15-33-20-9-10-21(18(3)16-20)25(32)27-22-7-4-8-23(22)31/h9-10,16-17,19,22H,4-8,11-15H2,1-3H3,(H,27,32)/t22-/m0/s1. The topological polar surface area (TPSA) is 97.6 Å². The van der Waals surface area contributed by atoms with Crippen LogP contribution in [0.5, 0.6) is 5.75 Å². The number of carbonyl (C=O) groups excluding carboxylic acids is 2. The van der Waals surface area contributed by atoms with Crippen LogP contribution in [0.3, 0.4) is 0 Å². The second-order valence-electron chi connectivity index (χ2n) is 9.87. The van der Waals surface area contributed by atoms with Gasteiger partial charge in [0, 0.05) is 31.0 Å². The summed E-state index contributed by atoms with van der Waals surface area (Å²) in [6.45, 7) is 8.58. The molecular weight excluding hydrogens is 432 g/mol. The van der Waals surface area contributed by atoms with Crippen molar-refractivity contribution in [3.8, 4) is 5.75 Å². The lowest BCUT2D eigenvalue weighted by Gasteiger charge is -2.30. The van der Waals surface area contributed by atoms with E-state index in [4.69, 9.17) is 9.26 Å². The van der Waals surface area contributed by atoms with Crippen molar-refractivity contribution in [2.45, 2.75) is 77.7 Å². The first-order valence-corrected chi connectivity index (χ1v) is 12.6. The molecule has 1 N–H and O–H groups in total. The van der Waals surface area contributed by atoms with Gasteiger partial charge in [-0.25, -0.2) is 0 Å². The lowest BCUT2D eigenvalue weighted by Crippen LogP contribution is -2.37. The molecule has 1 saturated carbocycles. The van der Waals surface area contributed by atoms with E-state index in [0.29, 0.717) is 30.5 Å². The Bertz CT molecular complexity index is 994. The molecule has 1 aromatic heterocycles. The number of hydrogen-bond donors (Lipinski definition) is 1. The van der Waals surface area contributed by atoms with Crippen LogP contribution < -0.4 is 15.0 Å². The van der Waals surface area contributed by atoms with E-state index in [1.807, 2.05) is 19.1 Å². The predicted octanol–water partition coefficient (Wildman–Crippen LogP) is 4.43. The number of aryl methyl sites for hydroxylation is 1. The minimum Gasteiger partial charge on any atom is -0.494 e. The van der Waals surface area contributed by atoms with Crippen LogP contribution in [0.1, 0.15) is 86.5 Å². The van der Waals surface area contributed by atoms with Crippen molar-refractivity contribution in [3.05, 3.63) is 35.2 Å². The predicted molar refractivity (Wildman–Crippen MR) is 129 cm³/mol. The summed E-state index contributed by atoms with van der Waals surface area (Å²) < 4.78 is 11.4. The Morgan fingerprint density at radius 1 is 1.26 bits per heavy atom. The van der Waals surface area contributed by atoms with Gasteiger partial charge in [-0.1, -0.05) is 19.0 Å². The number of Topliss-reactive ketones (excluding diaryl/α,β-unsaturated/α-hetero) is 1. The third-order valence-corrected chi connectivity index (χ3v) is 6.91. The van der Waals surface area contributed by atoms with Gasteiger partial charge in [-0.05, 0) is 75.1 Å². The largest absolute Gasteiger partial charge is 0.494 e. The molecule has 0 spiro atoms. The van der Waals surface area contributed by atoms with E-state index < -0.39 is 0 Å². The number of nitrogens with zero attached hydrogens (tertiary/aromatic N) is 3. The number of benzene rings is 1. The Balaban J connectivity index is 1.17. The van der Waals surface area contributed by atoms with Crippen LogP contribution in [0.15, 0.2) is 22.7 Å². The summed E-state index contributed by atoms with van der Waals surface area (Å²) in [6, 6.07) is 5.84. The summed E-state index contributed by atoms with van der Waals surface area (Å²) in [4.78, 5) is 31.0. The summed E-state index contributed by atoms with van der Waals surface area (Å²) in [5.41, 5.74) is 1.45. The monoisotopic (exact) mass is 468 g/mol. The second kappa shape index (κ2) is 11.0. The Morgan fingerprint density at radius 3 is 2.71 bits per heavy atom. The molecule has 8 heteroatoms. The molecule has 1 aromatic carbocycles. The van der Waals surface area contributed by atoms with E-state index in [1.54, 1.807) is 6.07 Å². The third kappa shape index (κ3) is 5.96. The molecule has 2 fully saturated rings. The Morgan fingerprint density at radius 2 is 2.06 bits per heavy atom. The maximum Gasteiger partial charge on any atom is 0.324 e. The Hall–Kier alpha value is -2.90. The first-order chi connectivity index (χ1) is 16.4. The highest BCUT2D eigenvalue weighted by Gasteiger charge is 2.27. The highest BCUT2D eigenvalue weighted by atomic mass is 16.5. The van der Waals surface area contributed by atoms with Crippen LogP contribution in [0, 0.1) is 12.8 Å². The van der Waals surface area contributed by atoms with Gasteiger partial charge in [0.05, 0.1) is 12.6 Å². The number of nitrogens with one attached hydrogen (secondary N) is 1. The number of piperidine rings is 1. The van der Waals surface area contributed by atoms with Gasteiger partial charge in [0.25, 0.3) is 5.91 Å². The summed E-state index contributed by atoms with van der Waals surface area (Å²) in [6.07, 6.45) is 6.51. The highest BCUT2D eigenvalue weighted by Crippen LogP contribution is 2.26. The molecule has 184 valence electrons. The first-order valence-electron chi connectivity index (χ1n) is 12.6. The van der Waals surface area contributed by atoms with Gasteiger partial charge in [0.15, 0.2) is 11.6 Å². The van der Waals surface area contributed by atoms with Gasteiger partial charge >= 0.3 is 6.01 Å². The SMILES string of the molecule is Cc1cc(OCCCC2CCN(c3nc(C(C)C)no3)CC2)ccc1C(=O)N[C@H]1CCCC1=O. The molecule has 0 radical (unpaired) electrons. The van der Waals surface area contributed by atoms with E-state index in [0.717, 1.165) is 68.8 Å². The van der Waals surface area contributed by atoms with Crippen molar-refractivity contribution in [2.75, 3.05) is 24.6 Å². The zero-order chi connectivity index (χ0) is 24.1. The molecule has 2 aliphatic rings.